The van der Waals surface area contributed by atoms with Crippen molar-refractivity contribution in [2.24, 2.45) is 5.92 Å². The molecule has 1 N–H and O–H groups in total. The van der Waals surface area contributed by atoms with Gasteiger partial charge in [0.25, 0.3) is 0 Å². The van der Waals surface area contributed by atoms with E-state index >= 15 is 0 Å². The van der Waals surface area contributed by atoms with Gasteiger partial charge in [-0.25, -0.2) is 8.42 Å². The van der Waals surface area contributed by atoms with Gasteiger partial charge in [-0.3, -0.25) is 4.79 Å². The highest BCUT2D eigenvalue weighted by atomic mass is 32.2. The Kier molecular flexibility index (Phi) is 6.58. The van der Waals surface area contributed by atoms with E-state index in [9.17, 15) is 13.2 Å². The van der Waals surface area contributed by atoms with Crippen LogP contribution in [0.4, 0.5) is 5.69 Å². The van der Waals surface area contributed by atoms with Crippen molar-refractivity contribution in [3.63, 3.8) is 0 Å². The Morgan fingerprint density at radius 1 is 0.906 bits per heavy atom. The number of carbonyl (C=O) groups excluding carboxylic acids is 1. The largest absolute Gasteiger partial charge is 0.455 e. The molecule has 0 unspecified atom stereocenters. The van der Waals surface area contributed by atoms with Gasteiger partial charge in [-0.2, -0.15) is 4.31 Å². The van der Waals surface area contributed by atoms with Gasteiger partial charge in [0.1, 0.15) is 5.75 Å². The molecule has 3 aromatic carbocycles. The summed E-state index contributed by atoms with van der Waals surface area (Å²) in [4.78, 5) is 13.2. The Morgan fingerprint density at radius 2 is 1.53 bits per heavy atom. The van der Waals surface area contributed by atoms with Gasteiger partial charge in [0.2, 0.25) is 15.9 Å². The number of nitrogens with one attached hydrogen (secondary N) is 1. The molecule has 1 aliphatic heterocycles. The fraction of sp³-hybridized carbons (Fsp3) is 0.240. The molecule has 0 aromatic heterocycles. The molecule has 32 heavy (non-hydrogen) atoms. The number of rotatable bonds is 6. The molecule has 7 heteroatoms. The van der Waals surface area contributed by atoms with E-state index in [2.05, 4.69) is 5.32 Å². The number of hydrogen-bond donors (Lipinski definition) is 1. The van der Waals surface area contributed by atoms with E-state index in [0.29, 0.717) is 43.1 Å². The monoisotopic (exact) mass is 450 g/mol. The summed E-state index contributed by atoms with van der Waals surface area (Å²) >= 11 is 0. The summed E-state index contributed by atoms with van der Waals surface area (Å²) in [5.41, 5.74) is 1.60. The molecule has 1 fully saturated rings. The first-order valence-electron chi connectivity index (χ1n) is 10.6. The lowest BCUT2D eigenvalue weighted by Crippen LogP contribution is -2.41. The summed E-state index contributed by atoms with van der Waals surface area (Å²) in [7, 11) is -3.55. The second-order valence-electron chi connectivity index (χ2n) is 7.89. The van der Waals surface area contributed by atoms with E-state index in [-0.39, 0.29) is 16.7 Å². The van der Waals surface area contributed by atoms with E-state index in [0.717, 1.165) is 5.56 Å². The van der Waals surface area contributed by atoms with Crippen LogP contribution in [0.2, 0.25) is 0 Å². The van der Waals surface area contributed by atoms with Crippen LogP contribution in [0.5, 0.6) is 11.5 Å². The Labute approximate surface area is 188 Å². The maximum atomic E-state index is 12.9. The SMILES string of the molecule is Cc1ccc(S(=O)(=O)N2CCC(C(=O)Nc3ccccc3Oc3ccccc3)CC2)cc1. The minimum absolute atomic E-state index is 0.124. The Bertz CT molecular complexity index is 1170. The lowest BCUT2D eigenvalue weighted by atomic mass is 9.97. The smallest absolute Gasteiger partial charge is 0.243 e. The van der Waals surface area contributed by atoms with E-state index in [1.807, 2.05) is 49.4 Å². The molecule has 0 saturated carbocycles. The van der Waals surface area contributed by atoms with Crippen LogP contribution in [-0.4, -0.2) is 31.7 Å². The zero-order valence-corrected chi connectivity index (χ0v) is 18.7. The number of ether oxygens (including phenoxy) is 1. The van der Waals surface area contributed by atoms with Crippen LogP contribution in [0, 0.1) is 12.8 Å². The summed E-state index contributed by atoms with van der Waals surface area (Å²) < 4.78 is 33.2. The number of nitrogens with zero attached hydrogens (tertiary/aromatic N) is 1. The van der Waals surface area contributed by atoms with Crippen molar-refractivity contribution in [2.45, 2.75) is 24.7 Å². The van der Waals surface area contributed by atoms with Crippen LogP contribution in [0.15, 0.2) is 83.8 Å². The van der Waals surface area contributed by atoms with E-state index in [1.165, 1.54) is 4.31 Å². The lowest BCUT2D eigenvalue weighted by molar-refractivity contribution is -0.120. The molecule has 0 radical (unpaired) electrons. The highest BCUT2D eigenvalue weighted by Gasteiger charge is 2.32. The highest BCUT2D eigenvalue weighted by Crippen LogP contribution is 2.31. The number of hydrogen-bond acceptors (Lipinski definition) is 4. The summed E-state index contributed by atoms with van der Waals surface area (Å²) in [5.74, 6) is 0.862. The van der Waals surface area contributed by atoms with Crippen LogP contribution in [-0.2, 0) is 14.8 Å². The minimum Gasteiger partial charge on any atom is -0.455 e. The maximum Gasteiger partial charge on any atom is 0.243 e. The molecule has 0 spiro atoms. The average Bonchev–Trinajstić information content (AvgIpc) is 2.81. The minimum atomic E-state index is -3.55. The Morgan fingerprint density at radius 3 is 2.22 bits per heavy atom. The number of piperidine rings is 1. The number of benzene rings is 3. The third-order valence-electron chi connectivity index (χ3n) is 5.60. The quantitative estimate of drug-likeness (QED) is 0.584. The fourth-order valence-electron chi connectivity index (χ4n) is 3.73. The van der Waals surface area contributed by atoms with Gasteiger partial charge >= 0.3 is 0 Å². The number of sulfonamides is 1. The number of anilines is 1. The van der Waals surface area contributed by atoms with Gasteiger partial charge in [-0.1, -0.05) is 48.0 Å². The van der Waals surface area contributed by atoms with Gasteiger partial charge in [-0.05, 0) is 56.2 Å². The first-order valence-corrected chi connectivity index (χ1v) is 12.1. The third-order valence-corrected chi connectivity index (χ3v) is 7.51. The van der Waals surface area contributed by atoms with Crippen molar-refractivity contribution in [1.82, 2.24) is 4.31 Å². The molecule has 166 valence electrons. The summed E-state index contributed by atoms with van der Waals surface area (Å²) in [6, 6.07) is 23.5. The first-order chi connectivity index (χ1) is 15.4. The first kappa shape index (κ1) is 22.0. The topological polar surface area (TPSA) is 75.7 Å². The lowest BCUT2D eigenvalue weighted by Gasteiger charge is -2.30. The molecular weight excluding hydrogens is 424 g/mol. The molecular formula is C25H26N2O4S. The summed E-state index contributed by atoms with van der Waals surface area (Å²) in [6.07, 6.45) is 0.942. The highest BCUT2D eigenvalue weighted by molar-refractivity contribution is 7.89. The van der Waals surface area contributed by atoms with Crippen LogP contribution >= 0.6 is 0 Å². The predicted molar refractivity (Wildman–Crippen MR) is 124 cm³/mol. The molecule has 1 heterocycles. The molecule has 0 atom stereocenters. The maximum absolute atomic E-state index is 12.9. The molecule has 0 aliphatic carbocycles. The Balaban J connectivity index is 1.39. The second kappa shape index (κ2) is 9.54. The summed E-state index contributed by atoms with van der Waals surface area (Å²) in [6.45, 7) is 2.55. The third kappa shape index (κ3) is 5.00. The van der Waals surface area contributed by atoms with Crippen LogP contribution in [0.1, 0.15) is 18.4 Å². The Hall–Kier alpha value is -3.16. The van der Waals surface area contributed by atoms with Gasteiger partial charge in [0.05, 0.1) is 10.6 Å². The van der Waals surface area contributed by atoms with Crippen molar-refractivity contribution in [2.75, 3.05) is 18.4 Å². The van der Waals surface area contributed by atoms with Gasteiger partial charge < -0.3 is 10.1 Å². The van der Waals surface area contributed by atoms with E-state index in [4.69, 9.17) is 4.74 Å². The predicted octanol–water partition coefficient (Wildman–Crippen LogP) is 4.83. The molecule has 4 rings (SSSR count). The van der Waals surface area contributed by atoms with Crippen molar-refractivity contribution < 1.29 is 17.9 Å². The standard InChI is InChI=1S/C25H26N2O4S/c1-19-11-13-22(14-12-19)32(29,30)27-17-15-20(16-18-27)25(28)26-23-9-5-6-10-24(23)31-21-7-3-2-4-8-21/h2-14,20H,15-18H2,1H3,(H,26,28). The zero-order valence-electron chi connectivity index (χ0n) is 17.9. The number of amides is 1. The van der Waals surface area contributed by atoms with Crippen molar-refractivity contribution in [1.29, 1.82) is 0 Å². The molecule has 6 nitrogen and oxygen atoms in total. The number of aryl methyl sites for hydroxylation is 1. The zero-order chi connectivity index (χ0) is 22.6. The molecule has 1 aliphatic rings. The van der Waals surface area contributed by atoms with E-state index < -0.39 is 10.0 Å². The number of para-hydroxylation sites is 3. The van der Waals surface area contributed by atoms with Gasteiger partial charge in [0, 0.05) is 19.0 Å². The van der Waals surface area contributed by atoms with Crippen molar-refractivity contribution >= 4 is 21.6 Å². The average molecular weight is 451 g/mol. The van der Waals surface area contributed by atoms with E-state index in [1.54, 1.807) is 36.4 Å². The van der Waals surface area contributed by atoms with Gasteiger partial charge in [-0.15, -0.1) is 0 Å². The van der Waals surface area contributed by atoms with Crippen molar-refractivity contribution in [3.05, 3.63) is 84.4 Å². The van der Waals surface area contributed by atoms with Crippen LogP contribution in [0.3, 0.4) is 0 Å². The van der Waals surface area contributed by atoms with Crippen LogP contribution < -0.4 is 10.1 Å². The molecule has 1 amide bonds. The van der Waals surface area contributed by atoms with Crippen molar-refractivity contribution in [3.8, 4) is 11.5 Å². The second-order valence-corrected chi connectivity index (χ2v) is 9.83. The normalized spacial score (nSPS) is 15.3. The molecule has 3 aromatic rings. The van der Waals surface area contributed by atoms with Gasteiger partial charge in [0.15, 0.2) is 5.75 Å². The summed E-state index contributed by atoms with van der Waals surface area (Å²) in [5, 5.41) is 2.96. The molecule has 1 saturated heterocycles. The fourth-order valence-corrected chi connectivity index (χ4v) is 5.20. The number of carbonyl (C=O) groups is 1. The van der Waals surface area contributed by atoms with Crippen LogP contribution in [0.25, 0.3) is 0 Å². The molecule has 0 bridgehead atoms.